The van der Waals surface area contributed by atoms with Crippen molar-refractivity contribution < 1.29 is 9.90 Å². The summed E-state index contributed by atoms with van der Waals surface area (Å²) in [4.78, 5) is 10.8. The quantitative estimate of drug-likeness (QED) is 0.599. The number of hydrogen-bond donors (Lipinski definition) is 1. The maximum Gasteiger partial charge on any atom is 0.310 e. The summed E-state index contributed by atoms with van der Waals surface area (Å²) in [5.41, 5.74) is -0.264. The highest BCUT2D eigenvalue weighted by Crippen LogP contribution is 2.68. The van der Waals surface area contributed by atoms with Gasteiger partial charge in [0, 0.05) is 0 Å². The van der Waals surface area contributed by atoms with Crippen LogP contribution in [0.3, 0.4) is 0 Å². The molecule has 0 saturated heterocycles. The van der Waals surface area contributed by atoms with E-state index in [1.54, 1.807) is 0 Å². The number of carboxylic acid groups (broad SMARTS) is 1. The third-order valence-electron chi connectivity index (χ3n) is 3.47. The maximum atomic E-state index is 10.8. The predicted molar refractivity (Wildman–Crippen MR) is 36.6 cm³/mol. The van der Waals surface area contributed by atoms with Crippen LogP contribution in [0.25, 0.3) is 0 Å². The van der Waals surface area contributed by atoms with Gasteiger partial charge in [-0.3, -0.25) is 4.79 Å². The summed E-state index contributed by atoms with van der Waals surface area (Å²) in [6.07, 6.45) is 3.20. The van der Waals surface area contributed by atoms with Crippen LogP contribution >= 0.6 is 0 Å². The second-order valence-electron chi connectivity index (χ2n) is 3.63. The molecule has 1 N–H and O–H groups in total. The van der Waals surface area contributed by atoms with E-state index in [0.29, 0.717) is 11.8 Å². The summed E-state index contributed by atoms with van der Waals surface area (Å²) in [5.74, 6) is 0.422. The Balaban J connectivity index is 2.24. The van der Waals surface area contributed by atoms with Gasteiger partial charge in [-0.2, -0.15) is 0 Å². The lowest BCUT2D eigenvalue weighted by atomic mass is 10.0. The van der Waals surface area contributed by atoms with E-state index in [2.05, 4.69) is 6.92 Å². The summed E-state index contributed by atoms with van der Waals surface area (Å²) in [5, 5.41) is 8.88. The third kappa shape index (κ3) is 0.446. The van der Waals surface area contributed by atoms with Crippen molar-refractivity contribution in [2.75, 3.05) is 0 Å². The molecule has 0 aromatic carbocycles. The van der Waals surface area contributed by atoms with Gasteiger partial charge < -0.3 is 5.11 Å². The van der Waals surface area contributed by atoms with Gasteiger partial charge >= 0.3 is 5.97 Å². The molecule has 0 spiro atoms. The number of aliphatic carboxylic acids is 1. The molecule has 56 valence electrons. The monoisotopic (exact) mass is 140 g/mol. The second kappa shape index (κ2) is 1.55. The van der Waals surface area contributed by atoms with Gasteiger partial charge in [0.15, 0.2) is 0 Å². The molecule has 2 aliphatic carbocycles. The van der Waals surface area contributed by atoms with Gasteiger partial charge in [-0.25, -0.2) is 0 Å². The van der Waals surface area contributed by atoms with Crippen LogP contribution in [0.4, 0.5) is 0 Å². The van der Waals surface area contributed by atoms with Crippen LogP contribution in [-0.2, 0) is 4.79 Å². The van der Waals surface area contributed by atoms with Gasteiger partial charge in [0.05, 0.1) is 5.41 Å². The van der Waals surface area contributed by atoms with Gasteiger partial charge in [0.2, 0.25) is 0 Å². The van der Waals surface area contributed by atoms with E-state index in [1.807, 2.05) is 0 Å². The highest BCUT2D eigenvalue weighted by atomic mass is 16.4. The molecule has 10 heavy (non-hydrogen) atoms. The van der Waals surface area contributed by atoms with E-state index in [0.717, 1.165) is 19.3 Å². The Morgan fingerprint density at radius 2 is 2.40 bits per heavy atom. The van der Waals surface area contributed by atoms with E-state index in [9.17, 15) is 4.79 Å². The Kier molecular flexibility index (Phi) is 0.960. The highest BCUT2D eigenvalue weighted by molar-refractivity contribution is 5.80. The van der Waals surface area contributed by atoms with Crippen LogP contribution in [0.1, 0.15) is 26.2 Å². The fourth-order valence-corrected chi connectivity index (χ4v) is 2.72. The van der Waals surface area contributed by atoms with Gasteiger partial charge in [-0.15, -0.1) is 0 Å². The predicted octanol–water partition coefficient (Wildman–Crippen LogP) is 1.51. The van der Waals surface area contributed by atoms with Crippen molar-refractivity contribution in [3.63, 3.8) is 0 Å². The van der Waals surface area contributed by atoms with Crippen LogP contribution < -0.4 is 0 Å². The van der Waals surface area contributed by atoms with E-state index < -0.39 is 5.97 Å². The van der Waals surface area contributed by atoms with Gasteiger partial charge in [-0.1, -0.05) is 13.3 Å². The Hall–Kier alpha value is -0.530. The Morgan fingerprint density at radius 3 is 2.70 bits per heavy atom. The Labute approximate surface area is 60.2 Å². The van der Waals surface area contributed by atoms with Crippen molar-refractivity contribution in [3.8, 4) is 0 Å². The standard InChI is InChI=1S/C8H12O2/c1-5-6-3-2-4-8(5,6)7(9)10/h5-6H,2-4H2,1H3,(H,9,10)/t5-,6?,8?/m0/s1. The number of rotatable bonds is 1. The van der Waals surface area contributed by atoms with E-state index in [4.69, 9.17) is 5.11 Å². The zero-order valence-corrected chi connectivity index (χ0v) is 6.13. The summed E-state index contributed by atoms with van der Waals surface area (Å²) < 4.78 is 0. The smallest absolute Gasteiger partial charge is 0.310 e. The SMILES string of the molecule is C[C@H]1C2CCCC21C(=O)O. The van der Waals surface area contributed by atoms with Crippen molar-refractivity contribution in [1.82, 2.24) is 0 Å². The van der Waals surface area contributed by atoms with Crippen LogP contribution in [-0.4, -0.2) is 11.1 Å². The van der Waals surface area contributed by atoms with Crippen molar-refractivity contribution in [2.24, 2.45) is 17.3 Å². The maximum absolute atomic E-state index is 10.8. The fourth-order valence-electron chi connectivity index (χ4n) is 2.72. The van der Waals surface area contributed by atoms with E-state index >= 15 is 0 Å². The molecule has 2 rings (SSSR count). The number of hydrogen-bond acceptors (Lipinski definition) is 1. The average Bonchev–Trinajstić information content (AvgIpc) is 2.36. The topological polar surface area (TPSA) is 37.3 Å². The van der Waals surface area contributed by atoms with Crippen molar-refractivity contribution >= 4 is 5.97 Å². The zero-order chi connectivity index (χ0) is 7.35. The normalized spacial score (nSPS) is 50.5. The number of carboxylic acids is 1. The lowest BCUT2D eigenvalue weighted by Gasteiger charge is -2.04. The Bertz CT molecular complexity index is 188. The molecular weight excluding hydrogens is 128 g/mol. The van der Waals surface area contributed by atoms with E-state index in [-0.39, 0.29) is 5.41 Å². The number of fused-ring (bicyclic) bond motifs is 1. The Morgan fingerprint density at radius 1 is 1.70 bits per heavy atom. The second-order valence-corrected chi connectivity index (χ2v) is 3.63. The molecule has 0 amide bonds. The van der Waals surface area contributed by atoms with Crippen molar-refractivity contribution in [1.29, 1.82) is 0 Å². The molecule has 2 fully saturated rings. The minimum Gasteiger partial charge on any atom is -0.481 e. The van der Waals surface area contributed by atoms with Crippen LogP contribution in [0, 0.1) is 17.3 Å². The first-order chi connectivity index (χ1) is 4.69. The molecule has 0 bridgehead atoms. The largest absolute Gasteiger partial charge is 0.481 e. The van der Waals surface area contributed by atoms with Gasteiger partial charge in [0.25, 0.3) is 0 Å². The molecule has 0 radical (unpaired) electrons. The molecule has 0 aromatic rings. The first-order valence-corrected chi connectivity index (χ1v) is 3.93. The van der Waals surface area contributed by atoms with Gasteiger partial charge in [-0.05, 0) is 24.7 Å². The van der Waals surface area contributed by atoms with E-state index in [1.165, 1.54) is 0 Å². The minimum atomic E-state index is -0.553. The molecule has 0 aromatic heterocycles. The first kappa shape index (κ1) is 6.20. The molecule has 2 saturated carbocycles. The van der Waals surface area contributed by atoms with Crippen LogP contribution in [0.15, 0.2) is 0 Å². The molecule has 3 atom stereocenters. The summed E-state index contributed by atoms with van der Waals surface area (Å²) >= 11 is 0. The zero-order valence-electron chi connectivity index (χ0n) is 6.13. The minimum absolute atomic E-state index is 0.264. The molecule has 2 unspecified atom stereocenters. The summed E-state index contributed by atoms with van der Waals surface area (Å²) in [6, 6.07) is 0. The average molecular weight is 140 g/mol. The lowest BCUT2D eigenvalue weighted by Crippen LogP contribution is -2.15. The van der Waals surface area contributed by atoms with Crippen LogP contribution in [0.5, 0.6) is 0 Å². The van der Waals surface area contributed by atoms with Crippen LogP contribution in [0.2, 0.25) is 0 Å². The number of carbonyl (C=O) groups is 1. The fraction of sp³-hybridized carbons (Fsp3) is 0.875. The van der Waals surface area contributed by atoms with Gasteiger partial charge in [0.1, 0.15) is 0 Å². The summed E-state index contributed by atoms with van der Waals surface area (Å²) in [6.45, 7) is 2.07. The highest BCUT2D eigenvalue weighted by Gasteiger charge is 2.68. The van der Waals surface area contributed by atoms with Crippen molar-refractivity contribution in [2.45, 2.75) is 26.2 Å². The molecule has 2 heteroatoms. The molecule has 2 nitrogen and oxygen atoms in total. The lowest BCUT2D eigenvalue weighted by molar-refractivity contribution is -0.144. The molecule has 2 aliphatic rings. The third-order valence-corrected chi connectivity index (χ3v) is 3.47. The first-order valence-electron chi connectivity index (χ1n) is 3.93. The molecule has 0 heterocycles. The summed E-state index contributed by atoms with van der Waals surface area (Å²) in [7, 11) is 0. The molecular formula is C8H12O2. The van der Waals surface area contributed by atoms with Crippen molar-refractivity contribution in [3.05, 3.63) is 0 Å². The molecule has 0 aliphatic heterocycles.